The molecule has 1 atom stereocenters. The Balaban J connectivity index is 0.00000392. The number of hydrogen-bond acceptors (Lipinski definition) is 5. The zero-order valence-electron chi connectivity index (χ0n) is 16.7. The van der Waals surface area contributed by atoms with Gasteiger partial charge in [0.1, 0.15) is 0 Å². The first-order chi connectivity index (χ1) is 12.8. The van der Waals surface area contributed by atoms with E-state index in [1.165, 1.54) is 42.5 Å². The van der Waals surface area contributed by atoms with Crippen LogP contribution in [-0.2, 0) is 14.8 Å². The van der Waals surface area contributed by atoms with E-state index >= 15 is 0 Å². The van der Waals surface area contributed by atoms with E-state index < -0.39 is 10.0 Å². The molecule has 1 aliphatic heterocycles. The molecule has 158 valence electrons. The Kier molecular flexibility index (Phi) is 9.56. The summed E-state index contributed by atoms with van der Waals surface area (Å²) < 4.78 is 26.5. The molecule has 0 bridgehead atoms. The number of nitrogens with one attached hydrogen (secondary N) is 1. The van der Waals surface area contributed by atoms with Crippen LogP contribution in [-0.4, -0.2) is 69.6 Å². The van der Waals surface area contributed by atoms with Gasteiger partial charge >= 0.3 is 0 Å². The minimum absolute atomic E-state index is 0. The van der Waals surface area contributed by atoms with Crippen molar-refractivity contribution in [2.24, 2.45) is 5.92 Å². The highest BCUT2D eigenvalue weighted by Gasteiger charge is 2.26. The van der Waals surface area contributed by atoms with Crippen molar-refractivity contribution in [3.05, 3.63) is 29.8 Å². The van der Waals surface area contributed by atoms with Gasteiger partial charge in [0.15, 0.2) is 5.78 Å². The second-order valence-electron chi connectivity index (χ2n) is 7.06. The molecule has 0 saturated carbocycles. The number of Topliss-reactive ketones (excluding diaryl/α,β-unsaturated/α-hetero) is 1. The van der Waals surface area contributed by atoms with Crippen molar-refractivity contribution in [2.75, 3.05) is 40.3 Å². The molecule has 1 unspecified atom stereocenters. The van der Waals surface area contributed by atoms with E-state index in [4.69, 9.17) is 0 Å². The van der Waals surface area contributed by atoms with Gasteiger partial charge in [0.2, 0.25) is 15.9 Å². The van der Waals surface area contributed by atoms with Gasteiger partial charge in [-0.05, 0) is 51.4 Å². The summed E-state index contributed by atoms with van der Waals surface area (Å²) in [5, 5.41) is 3.14. The van der Waals surface area contributed by atoms with Crippen molar-refractivity contribution in [1.29, 1.82) is 0 Å². The van der Waals surface area contributed by atoms with Crippen LogP contribution >= 0.6 is 12.4 Å². The Labute approximate surface area is 173 Å². The van der Waals surface area contributed by atoms with E-state index in [-0.39, 0.29) is 35.5 Å². The van der Waals surface area contributed by atoms with E-state index in [1.54, 1.807) is 0 Å². The highest BCUT2D eigenvalue weighted by Crippen LogP contribution is 2.18. The molecule has 1 aromatic rings. The van der Waals surface area contributed by atoms with Crippen LogP contribution in [0.4, 0.5) is 0 Å². The summed E-state index contributed by atoms with van der Waals surface area (Å²) in [5.74, 6) is 0.481. The molecule has 1 saturated heterocycles. The van der Waals surface area contributed by atoms with Gasteiger partial charge in [0.05, 0.1) is 4.90 Å². The van der Waals surface area contributed by atoms with Crippen LogP contribution in [0.15, 0.2) is 29.2 Å². The third-order valence-electron chi connectivity index (χ3n) is 4.96. The number of nitrogens with zero attached hydrogens (tertiary/aromatic N) is 2. The van der Waals surface area contributed by atoms with Gasteiger partial charge < -0.3 is 10.2 Å². The lowest BCUT2D eigenvalue weighted by atomic mass is 10.1. The molecule has 28 heavy (non-hydrogen) atoms. The molecule has 0 spiro atoms. The summed E-state index contributed by atoms with van der Waals surface area (Å²) in [6.07, 6.45) is 1.83. The second-order valence-corrected chi connectivity index (χ2v) is 9.11. The fraction of sp³-hybridized carbons (Fsp3) is 0.579. The Bertz CT molecular complexity index is 768. The van der Waals surface area contributed by atoms with E-state index in [0.29, 0.717) is 24.3 Å². The average molecular weight is 432 g/mol. The normalized spacial score (nSPS) is 16.9. The minimum atomic E-state index is -3.63. The number of carbonyl (C=O) groups excluding carboxylic acids is 2. The zero-order chi connectivity index (χ0) is 20.0. The number of hydrogen-bond donors (Lipinski definition) is 1. The highest BCUT2D eigenvalue weighted by molar-refractivity contribution is 7.89. The summed E-state index contributed by atoms with van der Waals surface area (Å²) in [4.78, 5) is 25.6. The van der Waals surface area contributed by atoms with Crippen LogP contribution in [0.1, 0.15) is 36.5 Å². The molecule has 1 fully saturated rings. The lowest BCUT2D eigenvalue weighted by Gasteiger charge is -2.19. The summed E-state index contributed by atoms with van der Waals surface area (Å²) in [5.41, 5.74) is 0.476. The Morgan fingerprint density at radius 3 is 2.46 bits per heavy atom. The van der Waals surface area contributed by atoms with Crippen molar-refractivity contribution in [3.63, 3.8) is 0 Å². The van der Waals surface area contributed by atoms with Crippen LogP contribution in [0.3, 0.4) is 0 Å². The largest absolute Gasteiger partial charge is 0.342 e. The van der Waals surface area contributed by atoms with Gasteiger partial charge in [0.25, 0.3) is 0 Å². The summed E-state index contributed by atoms with van der Waals surface area (Å²) in [6.45, 7) is 4.18. The third kappa shape index (κ3) is 6.27. The van der Waals surface area contributed by atoms with Crippen LogP contribution in [0.5, 0.6) is 0 Å². The molecule has 1 aliphatic rings. The number of amides is 1. The van der Waals surface area contributed by atoms with Gasteiger partial charge in [-0.2, -0.15) is 0 Å². The molecule has 0 radical (unpaired) electrons. The summed E-state index contributed by atoms with van der Waals surface area (Å²) >= 11 is 0. The number of rotatable bonds is 9. The van der Waals surface area contributed by atoms with E-state index in [1.807, 2.05) is 11.9 Å². The molecule has 9 heteroatoms. The molecular weight excluding hydrogens is 402 g/mol. The standard InChI is InChI=1S/C19H29N3O4S.ClH/c1-15(23)17-6-8-18(9-7-17)27(25,26)21(3)11-4-5-19(24)22-12-10-16(14-22)13-20-2;/h6-9,16,20H,4-5,10-14H2,1-3H3;1H. The average Bonchev–Trinajstić information content (AvgIpc) is 3.10. The molecule has 1 N–H and O–H groups in total. The van der Waals surface area contributed by atoms with Gasteiger partial charge in [-0.15, -0.1) is 12.4 Å². The summed E-state index contributed by atoms with van der Waals surface area (Å²) in [7, 11) is -0.203. The number of likely N-dealkylation sites (tertiary alicyclic amines) is 1. The maximum Gasteiger partial charge on any atom is 0.242 e. The summed E-state index contributed by atoms with van der Waals surface area (Å²) in [6, 6.07) is 5.92. The molecule has 2 rings (SSSR count). The van der Waals surface area contributed by atoms with Crippen LogP contribution in [0.2, 0.25) is 0 Å². The fourth-order valence-corrected chi connectivity index (χ4v) is 4.50. The van der Waals surface area contributed by atoms with Crippen LogP contribution in [0.25, 0.3) is 0 Å². The number of carbonyl (C=O) groups is 2. The molecule has 1 heterocycles. The van der Waals surface area contributed by atoms with Crippen LogP contribution < -0.4 is 5.32 Å². The first-order valence-electron chi connectivity index (χ1n) is 9.25. The monoisotopic (exact) mass is 431 g/mol. The fourth-order valence-electron chi connectivity index (χ4n) is 3.29. The predicted octanol–water partition coefficient (Wildman–Crippen LogP) is 1.78. The van der Waals surface area contributed by atoms with Crippen molar-refractivity contribution in [1.82, 2.24) is 14.5 Å². The number of ketones is 1. The van der Waals surface area contributed by atoms with E-state index in [0.717, 1.165) is 26.1 Å². The minimum Gasteiger partial charge on any atom is -0.342 e. The van der Waals surface area contributed by atoms with Gasteiger partial charge in [-0.1, -0.05) is 12.1 Å². The number of benzene rings is 1. The van der Waals surface area contributed by atoms with Gasteiger partial charge in [-0.3, -0.25) is 9.59 Å². The first kappa shape index (κ1) is 24.6. The van der Waals surface area contributed by atoms with Crippen molar-refractivity contribution < 1.29 is 18.0 Å². The third-order valence-corrected chi connectivity index (χ3v) is 6.84. The highest BCUT2D eigenvalue weighted by atomic mass is 35.5. The van der Waals surface area contributed by atoms with Gasteiger partial charge in [-0.25, -0.2) is 12.7 Å². The topological polar surface area (TPSA) is 86.8 Å². The van der Waals surface area contributed by atoms with E-state index in [9.17, 15) is 18.0 Å². The lowest BCUT2D eigenvalue weighted by Crippen LogP contribution is -2.32. The van der Waals surface area contributed by atoms with Crippen LogP contribution in [0, 0.1) is 5.92 Å². The Hall–Kier alpha value is -1.48. The second kappa shape index (κ2) is 10.9. The number of halogens is 1. The lowest BCUT2D eigenvalue weighted by molar-refractivity contribution is -0.130. The predicted molar refractivity (Wildman–Crippen MR) is 111 cm³/mol. The van der Waals surface area contributed by atoms with Crippen molar-refractivity contribution in [2.45, 2.75) is 31.1 Å². The molecule has 7 nitrogen and oxygen atoms in total. The maximum atomic E-state index is 12.6. The van der Waals surface area contributed by atoms with E-state index in [2.05, 4.69) is 5.32 Å². The molecule has 0 aromatic heterocycles. The molecule has 1 aromatic carbocycles. The SMILES string of the molecule is CNCC1CCN(C(=O)CCCN(C)S(=O)(=O)c2ccc(C(C)=O)cc2)C1.Cl. The molecular formula is C19H30ClN3O4S. The Morgan fingerprint density at radius 2 is 1.89 bits per heavy atom. The van der Waals surface area contributed by atoms with Gasteiger partial charge in [0, 0.05) is 38.7 Å². The molecule has 1 amide bonds. The first-order valence-corrected chi connectivity index (χ1v) is 10.7. The van der Waals surface area contributed by atoms with Crippen molar-refractivity contribution in [3.8, 4) is 0 Å². The zero-order valence-corrected chi connectivity index (χ0v) is 18.3. The smallest absolute Gasteiger partial charge is 0.242 e. The Morgan fingerprint density at radius 1 is 1.25 bits per heavy atom. The maximum absolute atomic E-state index is 12.6. The quantitative estimate of drug-likeness (QED) is 0.602. The van der Waals surface area contributed by atoms with Crippen molar-refractivity contribution >= 4 is 34.1 Å². The molecule has 0 aliphatic carbocycles. The number of sulfonamides is 1.